The van der Waals surface area contributed by atoms with Crippen molar-refractivity contribution in [1.82, 2.24) is 0 Å². The molecule has 0 bridgehead atoms. The van der Waals surface area contributed by atoms with Gasteiger partial charge in [-0.15, -0.1) is 11.8 Å². The van der Waals surface area contributed by atoms with E-state index in [9.17, 15) is 0 Å². The van der Waals surface area contributed by atoms with Gasteiger partial charge in [0.05, 0.1) is 11.6 Å². The lowest BCUT2D eigenvalue weighted by molar-refractivity contribution is 0.482. The maximum atomic E-state index is 5.83. The lowest BCUT2D eigenvalue weighted by Gasteiger charge is -2.16. The van der Waals surface area contributed by atoms with Crippen molar-refractivity contribution in [1.29, 1.82) is 0 Å². The van der Waals surface area contributed by atoms with Crippen LogP contribution in [-0.2, 0) is 0 Å². The van der Waals surface area contributed by atoms with Gasteiger partial charge in [0.25, 0.3) is 0 Å². The van der Waals surface area contributed by atoms with Gasteiger partial charge in [-0.25, -0.2) is 0 Å². The highest BCUT2D eigenvalue weighted by molar-refractivity contribution is 8.14. The first-order chi connectivity index (χ1) is 11.3. The second kappa shape index (κ2) is 8.02. The van der Waals surface area contributed by atoms with Crippen molar-refractivity contribution in [2.45, 2.75) is 19.3 Å². The Hall–Kier alpha value is -2.00. The molecule has 1 aliphatic heterocycles. The Labute approximate surface area is 142 Å². The Balaban J connectivity index is 1.60. The average molecular weight is 323 g/mol. The Morgan fingerprint density at radius 1 is 1.04 bits per heavy atom. The Morgan fingerprint density at radius 2 is 1.78 bits per heavy atom. The number of dihydropyridines is 1. The van der Waals surface area contributed by atoms with Crippen LogP contribution in [-0.4, -0.2) is 17.3 Å². The molecule has 23 heavy (non-hydrogen) atoms. The number of ether oxygens (including phenoxy) is 1. The highest BCUT2D eigenvalue weighted by Gasteiger charge is 2.12. The number of aliphatic imine (C=N–C) groups is 1. The average Bonchev–Trinajstić information content (AvgIpc) is 2.62. The molecule has 0 spiro atoms. The fourth-order valence-electron chi connectivity index (χ4n) is 2.42. The van der Waals surface area contributed by atoms with Crippen LogP contribution < -0.4 is 4.74 Å². The molecule has 3 heteroatoms. The van der Waals surface area contributed by atoms with Crippen molar-refractivity contribution in [2.75, 3.05) is 12.3 Å². The molecule has 1 atom stereocenters. The second-order valence-electron chi connectivity index (χ2n) is 5.48. The van der Waals surface area contributed by atoms with Gasteiger partial charge in [0.15, 0.2) is 0 Å². The van der Waals surface area contributed by atoms with Gasteiger partial charge < -0.3 is 4.74 Å². The molecular weight excluding hydrogens is 302 g/mol. The Kier molecular flexibility index (Phi) is 5.54. The van der Waals surface area contributed by atoms with Crippen molar-refractivity contribution in [3.63, 3.8) is 0 Å². The maximum absolute atomic E-state index is 5.83. The molecule has 0 saturated heterocycles. The molecule has 2 aromatic carbocycles. The first-order valence-corrected chi connectivity index (χ1v) is 9.02. The van der Waals surface area contributed by atoms with E-state index >= 15 is 0 Å². The van der Waals surface area contributed by atoms with Gasteiger partial charge in [-0.3, -0.25) is 4.99 Å². The van der Waals surface area contributed by atoms with Crippen LogP contribution in [0.25, 0.3) is 0 Å². The topological polar surface area (TPSA) is 21.6 Å². The first-order valence-electron chi connectivity index (χ1n) is 8.03. The molecular formula is C20H21NOS. The van der Waals surface area contributed by atoms with Crippen LogP contribution in [0, 0.1) is 0 Å². The third-order valence-corrected chi connectivity index (χ3v) is 4.83. The summed E-state index contributed by atoms with van der Waals surface area (Å²) in [5, 5.41) is 1.16. The molecule has 118 valence electrons. The van der Waals surface area contributed by atoms with E-state index in [1.807, 2.05) is 54.2 Å². The Morgan fingerprint density at radius 3 is 2.43 bits per heavy atom. The molecule has 1 unspecified atom stereocenters. The van der Waals surface area contributed by atoms with Crippen LogP contribution in [0.1, 0.15) is 24.8 Å². The summed E-state index contributed by atoms with van der Waals surface area (Å²) in [6.45, 7) is 3.03. The van der Waals surface area contributed by atoms with Gasteiger partial charge in [0, 0.05) is 5.92 Å². The highest BCUT2D eigenvalue weighted by Crippen LogP contribution is 2.27. The number of para-hydroxylation sites is 1. The molecule has 0 aliphatic carbocycles. The van der Waals surface area contributed by atoms with Gasteiger partial charge in [-0.05, 0) is 48.1 Å². The van der Waals surface area contributed by atoms with E-state index in [4.69, 9.17) is 4.74 Å². The lowest BCUT2D eigenvalue weighted by Crippen LogP contribution is -2.07. The molecule has 0 saturated carbocycles. The van der Waals surface area contributed by atoms with Gasteiger partial charge in [-0.1, -0.05) is 43.3 Å². The standard InChI is InChI=1S/C20H21NOS/c1-2-14-23-20-13-10-17(15-21-20)16-8-11-19(12-9-16)22-18-6-4-3-5-7-18/h3-13,17H,2,14-15H2,1H3. The number of thioether (sulfide) groups is 1. The van der Waals surface area contributed by atoms with Crippen LogP contribution in [0.5, 0.6) is 11.5 Å². The second-order valence-corrected chi connectivity index (χ2v) is 6.59. The third kappa shape index (κ3) is 4.49. The molecule has 0 N–H and O–H groups in total. The van der Waals surface area contributed by atoms with Gasteiger partial charge >= 0.3 is 0 Å². The molecule has 0 fully saturated rings. The van der Waals surface area contributed by atoms with E-state index in [0.717, 1.165) is 28.8 Å². The van der Waals surface area contributed by atoms with Crippen molar-refractivity contribution in [3.05, 3.63) is 72.3 Å². The monoisotopic (exact) mass is 323 g/mol. The van der Waals surface area contributed by atoms with Crippen molar-refractivity contribution in [2.24, 2.45) is 4.99 Å². The molecule has 0 aromatic heterocycles. The minimum absolute atomic E-state index is 0.367. The van der Waals surface area contributed by atoms with Crippen molar-refractivity contribution >= 4 is 16.8 Å². The fraction of sp³-hybridized carbons (Fsp3) is 0.250. The summed E-state index contributed by atoms with van der Waals surface area (Å²) >= 11 is 1.84. The van der Waals surface area contributed by atoms with E-state index in [2.05, 4.69) is 36.2 Å². The van der Waals surface area contributed by atoms with E-state index in [1.165, 1.54) is 12.0 Å². The minimum atomic E-state index is 0.367. The number of hydrogen-bond donors (Lipinski definition) is 0. The zero-order valence-corrected chi connectivity index (χ0v) is 14.1. The van der Waals surface area contributed by atoms with Crippen molar-refractivity contribution in [3.8, 4) is 11.5 Å². The summed E-state index contributed by atoms with van der Waals surface area (Å²) in [5.41, 5.74) is 1.28. The molecule has 1 aliphatic rings. The summed E-state index contributed by atoms with van der Waals surface area (Å²) in [7, 11) is 0. The zero-order chi connectivity index (χ0) is 15.9. The lowest BCUT2D eigenvalue weighted by atomic mass is 9.97. The normalized spacial score (nSPS) is 16.9. The summed E-state index contributed by atoms with van der Waals surface area (Å²) in [4.78, 5) is 4.68. The number of rotatable bonds is 5. The predicted molar refractivity (Wildman–Crippen MR) is 99.9 cm³/mol. The fourth-order valence-corrected chi connectivity index (χ4v) is 3.18. The van der Waals surface area contributed by atoms with E-state index < -0.39 is 0 Å². The largest absolute Gasteiger partial charge is 0.457 e. The van der Waals surface area contributed by atoms with Gasteiger partial charge in [0.2, 0.25) is 0 Å². The first kappa shape index (κ1) is 15.9. The molecule has 1 heterocycles. The smallest absolute Gasteiger partial charge is 0.127 e. The number of benzene rings is 2. The van der Waals surface area contributed by atoms with Gasteiger partial charge in [0.1, 0.15) is 11.5 Å². The Bertz CT molecular complexity index is 677. The van der Waals surface area contributed by atoms with Crippen LogP contribution in [0.3, 0.4) is 0 Å². The molecule has 2 aromatic rings. The number of hydrogen-bond acceptors (Lipinski definition) is 3. The van der Waals surface area contributed by atoms with E-state index in [-0.39, 0.29) is 0 Å². The van der Waals surface area contributed by atoms with Crippen LogP contribution in [0.15, 0.2) is 71.7 Å². The minimum Gasteiger partial charge on any atom is -0.457 e. The quantitative estimate of drug-likeness (QED) is 0.706. The molecule has 2 nitrogen and oxygen atoms in total. The molecule has 3 rings (SSSR count). The van der Waals surface area contributed by atoms with Crippen LogP contribution >= 0.6 is 11.8 Å². The highest BCUT2D eigenvalue weighted by atomic mass is 32.2. The SMILES string of the molecule is CCCSC1=NCC(c2ccc(Oc3ccccc3)cc2)C=C1. The zero-order valence-electron chi connectivity index (χ0n) is 13.3. The summed E-state index contributed by atoms with van der Waals surface area (Å²) in [6.07, 6.45) is 5.60. The molecule has 0 amide bonds. The predicted octanol–water partition coefficient (Wildman–Crippen LogP) is 5.67. The van der Waals surface area contributed by atoms with Crippen LogP contribution in [0.4, 0.5) is 0 Å². The third-order valence-electron chi connectivity index (χ3n) is 3.66. The number of nitrogens with zero attached hydrogens (tertiary/aromatic N) is 1. The van der Waals surface area contributed by atoms with Crippen molar-refractivity contribution < 1.29 is 4.74 Å². The van der Waals surface area contributed by atoms with Gasteiger partial charge in [-0.2, -0.15) is 0 Å². The molecule has 0 radical (unpaired) electrons. The van der Waals surface area contributed by atoms with E-state index in [1.54, 1.807) is 0 Å². The summed E-state index contributed by atoms with van der Waals surface area (Å²) < 4.78 is 5.83. The van der Waals surface area contributed by atoms with Crippen LogP contribution in [0.2, 0.25) is 0 Å². The maximum Gasteiger partial charge on any atom is 0.127 e. The van der Waals surface area contributed by atoms with E-state index in [0.29, 0.717) is 5.92 Å². The summed E-state index contributed by atoms with van der Waals surface area (Å²) in [6, 6.07) is 18.2. The summed E-state index contributed by atoms with van der Waals surface area (Å²) in [5.74, 6) is 3.23.